The lowest BCUT2D eigenvalue weighted by Gasteiger charge is -2.32. The van der Waals surface area contributed by atoms with Crippen molar-refractivity contribution in [1.82, 2.24) is 10.3 Å². The van der Waals surface area contributed by atoms with Gasteiger partial charge in [0.15, 0.2) is 0 Å². The van der Waals surface area contributed by atoms with Gasteiger partial charge in [0.2, 0.25) is 5.91 Å². The summed E-state index contributed by atoms with van der Waals surface area (Å²) < 4.78 is 0. The van der Waals surface area contributed by atoms with Gasteiger partial charge in [-0.05, 0) is 36.8 Å². The topological polar surface area (TPSA) is 45.2 Å². The van der Waals surface area contributed by atoms with Crippen LogP contribution in [0.4, 0.5) is 5.82 Å². The fourth-order valence-electron chi connectivity index (χ4n) is 2.61. The van der Waals surface area contributed by atoms with Crippen LogP contribution in [0, 0.1) is 11.8 Å². The number of hydrogen-bond donors (Lipinski definition) is 1. The molecule has 2 heterocycles. The second-order valence-corrected chi connectivity index (χ2v) is 6.02. The van der Waals surface area contributed by atoms with Gasteiger partial charge < -0.3 is 10.2 Å². The minimum absolute atomic E-state index is 0.187. The first-order chi connectivity index (χ1) is 9.65. The lowest BCUT2D eigenvalue weighted by molar-refractivity contribution is -0.122. The van der Waals surface area contributed by atoms with Crippen LogP contribution in [0.3, 0.4) is 0 Å². The zero-order chi connectivity index (χ0) is 14.4. The minimum atomic E-state index is 0.187. The van der Waals surface area contributed by atoms with Crippen LogP contribution >= 0.6 is 0 Å². The van der Waals surface area contributed by atoms with Crippen molar-refractivity contribution in [2.75, 3.05) is 24.5 Å². The van der Waals surface area contributed by atoms with E-state index in [1.54, 1.807) is 0 Å². The summed E-state index contributed by atoms with van der Waals surface area (Å²) in [5.41, 5.74) is 0. The largest absolute Gasteiger partial charge is 0.357 e. The summed E-state index contributed by atoms with van der Waals surface area (Å²) in [5, 5.41) is 3.07. The molecule has 1 N–H and O–H groups in total. The van der Waals surface area contributed by atoms with Gasteiger partial charge in [0.25, 0.3) is 0 Å². The third-order valence-corrected chi connectivity index (χ3v) is 3.77. The number of aromatic nitrogens is 1. The van der Waals surface area contributed by atoms with E-state index in [1.807, 2.05) is 18.3 Å². The second kappa shape index (κ2) is 7.27. The third-order valence-electron chi connectivity index (χ3n) is 3.77. The average molecular weight is 275 g/mol. The van der Waals surface area contributed by atoms with Crippen LogP contribution in [-0.2, 0) is 4.79 Å². The van der Waals surface area contributed by atoms with Crippen LogP contribution in [0.1, 0.15) is 33.1 Å². The number of amides is 1. The molecule has 20 heavy (non-hydrogen) atoms. The molecular weight excluding hydrogens is 250 g/mol. The highest BCUT2D eigenvalue weighted by Gasteiger charge is 2.20. The number of rotatable bonds is 5. The van der Waals surface area contributed by atoms with Crippen molar-refractivity contribution in [1.29, 1.82) is 0 Å². The number of nitrogens with one attached hydrogen (secondary N) is 1. The number of anilines is 1. The van der Waals surface area contributed by atoms with E-state index >= 15 is 0 Å². The average Bonchev–Trinajstić information content (AvgIpc) is 2.46. The van der Waals surface area contributed by atoms with E-state index in [-0.39, 0.29) is 5.91 Å². The van der Waals surface area contributed by atoms with Crippen LogP contribution in [0.15, 0.2) is 24.4 Å². The van der Waals surface area contributed by atoms with Crippen molar-refractivity contribution in [2.24, 2.45) is 11.8 Å². The van der Waals surface area contributed by atoms with Crippen molar-refractivity contribution in [3.63, 3.8) is 0 Å². The maximum atomic E-state index is 11.7. The fourth-order valence-corrected chi connectivity index (χ4v) is 2.61. The molecule has 1 aromatic heterocycles. The molecule has 1 aliphatic heterocycles. The number of nitrogens with zero attached hydrogens (tertiary/aromatic N) is 2. The maximum absolute atomic E-state index is 11.7. The van der Waals surface area contributed by atoms with Crippen molar-refractivity contribution in [2.45, 2.75) is 33.1 Å². The number of carbonyl (C=O) groups excluding carboxylic acids is 1. The van der Waals surface area contributed by atoms with Crippen molar-refractivity contribution in [3.05, 3.63) is 24.4 Å². The van der Waals surface area contributed by atoms with Crippen molar-refractivity contribution < 1.29 is 4.79 Å². The van der Waals surface area contributed by atoms with Crippen LogP contribution < -0.4 is 10.2 Å². The summed E-state index contributed by atoms with van der Waals surface area (Å²) >= 11 is 0. The van der Waals surface area contributed by atoms with E-state index in [0.717, 1.165) is 38.3 Å². The molecule has 1 fully saturated rings. The molecule has 0 aliphatic carbocycles. The van der Waals surface area contributed by atoms with E-state index in [4.69, 9.17) is 0 Å². The molecule has 110 valence electrons. The van der Waals surface area contributed by atoms with Crippen LogP contribution in [0.5, 0.6) is 0 Å². The third kappa shape index (κ3) is 4.51. The quantitative estimate of drug-likeness (QED) is 0.898. The molecule has 0 saturated carbocycles. The molecule has 0 unspecified atom stereocenters. The summed E-state index contributed by atoms with van der Waals surface area (Å²) in [6, 6.07) is 6.03. The number of piperidine rings is 1. The van der Waals surface area contributed by atoms with Gasteiger partial charge in [-0.3, -0.25) is 4.79 Å². The highest BCUT2D eigenvalue weighted by molar-refractivity contribution is 5.76. The molecule has 0 bridgehead atoms. The first-order valence-electron chi connectivity index (χ1n) is 7.58. The van der Waals surface area contributed by atoms with Gasteiger partial charge >= 0.3 is 0 Å². The van der Waals surface area contributed by atoms with E-state index in [0.29, 0.717) is 18.3 Å². The van der Waals surface area contributed by atoms with Gasteiger partial charge in [-0.1, -0.05) is 19.9 Å². The van der Waals surface area contributed by atoms with Crippen LogP contribution in [0.2, 0.25) is 0 Å². The summed E-state index contributed by atoms with van der Waals surface area (Å²) in [5.74, 6) is 2.29. The van der Waals surface area contributed by atoms with Gasteiger partial charge in [-0.2, -0.15) is 0 Å². The molecule has 1 aliphatic rings. The van der Waals surface area contributed by atoms with E-state index < -0.39 is 0 Å². The Labute approximate surface area is 121 Å². The van der Waals surface area contributed by atoms with Gasteiger partial charge in [0.1, 0.15) is 5.82 Å². The van der Waals surface area contributed by atoms with Gasteiger partial charge in [0, 0.05) is 32.3 Å². The van der Waals surface area contributed by atoms with Crippen molar-refractivity contribution in [3.8, 4) is 0 Å². The van der Waals surface area contributed by atoms with Gasteiger partial charge in [0.05, 0.1) is 0 Å². The highest BCUT2D eigenvalue weighted by atomic mass is 16.1. The molecule has 4 heteroatoms. The number of pyridine rings is 1. The first kappa shape index (κ1) is 14.8. The smallest absolute Gasteiger partial charge is 0.220 e. The van der Waals surface area contributed by atoms with Crippen molar-refractivity contribution >= 4 is 11.7 Å². The van der Waals surface area contributed by atoms with Crippen LogP contribution in [0.25, 0.3) is 0 Å². The lowest BCUT2D eigenvalue weighted by Crippen LogP contribution is -2.39. The molecule has 0 aromatic carbocycles. The zero-order valence-electron chi connectivity index (χ0n) is 12.5. The molecule has 1 amide bonds. The number of hydrogen-bond acceptors (Lipinski definition) is 3. The summed E-state index contributed by atoms with van der Waals surface area (Å²) in [7, 11) is 0. The maximum Gasteiger partial charge on any atom is 0.220 e. The highest BCUT2D eigenvalue weighted by Crippen LogP contribution is 2.20. The Bertz CT molecular complexity index is 411. The lowest BCUT2D eigenvalue weighted by atomic mass is 9.96. The van der Waals surface area contributed by atoms with Crippen LogP contribution in [-0.4, -0.2) is 30.5 Å². The Morgan fingerprint density at radius 3 is 2.75 bits per heavy atom. The predicted molar refractivity (Wildman–Crippen MR) is 81.6 cm³/mol. The minimum Gasteiger partial charge on any atom is -0.357 e. The van der Waals surface area contributed by atoms with E-state index in [2.05, 4.69) is 35.1 Å². The Morgan fingerprint density at radius 2 is 2.15 bits per heavy atom. The molecule has 1 aromatic rings. The second-order valence-electron chi connectivity index (χ2n) is 6.02. The SMILES string of the molecule is CC(C)CC(=O)NCC1CCN(c2ccccn2)CC1. The first-order valence-corrected chi connectivity index (χ1v) is 7.58. The van der Waals surface area contributed by atoms with E-state index in [9.17, 15) is 4.79 Å². The normalized spacial score (nSPS) is 16.4. The standard InChI is InChI=1S/C16H25N3O/c1-13(2)11-16(20)18-12-14-6-9-19(10-7-14)15-5-3-4-8-17-15/h3-5,8,13-14H,6-7,9-12H2,1-2H3,(H,18,20). The van der Waals surface area contributed by atoms with Gasteiger partial charge in [-0.25, -0.2) is 4.98 Å². The molecule has 2 rings (SSSR count). The van der Waals surface area contributed by atoms with E-state index in [1.165, 1.54) is 0 Å². The Balaban J connectivity index is 1.71. The molecule has 4 nitrogen and oxygen atoms in total. The molecule has 1 saturated heterocycles. The number of carbonyl (C=O) groups is 1. The summed E-state index contributed by atoms with van der Waals surface area (Å²) in [6.07, 6.45) is 4.72. The fraction of sp³-hybridized carbons (Fsp3) is 0.625. The Hall–Kier alpha value is -1.58. The summed E-state index contributed by atoms with van der Waals surface area (Å²) in [4.78, 5) is 18.4. The predicted octanol–water partition coefficient (Wildman–Crippen LogP) is 2.46. The zero-order valence-corrected chi connectivity index (χ0v) is 12.5. The Morgan fingerprint density at radius 1 is 1.40 bits per heavy atom. The molecular formula is C16H25N3O. The molecule has 0 radical (unpaired) electrons. The Kier molecular flexibility index (Phi) is 5.39. The molecule has 0 atom stereocenters. The monoisotopic (exact) mass is 275 g/mol. The van der Waals surface area contributed by atoms with Gasteiger partial charge in [-0.15, -0.1) is 0 Å². The summed E-state index contributed by atoms with van der Waals surface area (Å²) in [6.45, 7) is 7.03. The molecule has 0 spiro atoms.